The quantitative estimate of drug-likeness (QED) is 0.473. The van der Waals surface area contributed by atoms with Gasteiger partial charge in [0.1, 0.15) is 5.75 Å². The summed E-state index contributed by atoms with van der Waals surface area (Å²) < 4.78 is 71.1. The molecular formula is C12H5ClF5NO. The van der Waals surface area contributed by atoms with Crippen LogP contribution < -0.4 is 4.74 Å². The van der Waals surface area contributed by atoms with Crippen LogP contribution in [-0.4, -0.2) is 12.1 Å². The molecule has 1 aromatic heterocycles. The standard InChI is InChI=1S/C12H5ClF5NO/c1-20-4-2-5(13)12(19-3-4)6-7(14)9(16)11(18)10(17)8(6)15/h2-3H,1H3. The highest BCUT2D eigenvalue weighted by molar-refractivity contribution is 6.33. The zero-order valence-electron chi connectivity index (χ0n) is 9.78. The van der Waals surface area contributed by atoms with Crippen LogP contribution in [0, 0.1) is 29.1 Å². The van der Waals surface area contributed by atoms with Crippen LogP contribution in [0.2, 0.25) is 5.02 Å². The van der Waals surface area contributed by atoms with E-state index in [1.807, 2.05) is 0 Å². The Kier molecular flexibility index (Phi) is 3.80. The first-order chi connectivity index (χ1) is 9.38. The summed E-state index contributed by atoms with van der Waals surface area (Å²) in [5.74, 6) is -10.2. The molecule has 2 aromatic rings. The van der Waals surface area contributed by atoms with Crippen molar-refractivity contribution in [3.63, 3.8) is 0 Å². The highest BCUT2D eigenvalue weighted by atomic mass is 35.5. The lowest BCUT2D eigenvalue weighted by Crippen LogP contribution is -2.05. The zero-order chi connectivity index (χ0) is 15.0. The molecular weight excluding hydrogens is 305 g/mol. The van der Waals surface area contributed by atoms with E-state index in [-0.39, 0.29) is 10.8 Å². The fourth-order valence-electron chi connectivity index (χ4n) is 1.53. The molecule has 0 amide bonds. The number of ether oxygens (including phenoxy) is 1. The minimum atomic E-state index is -2.24. The van der Waals surface area contributed by atoms with E-state index in [4.69, 9.17) is 16.3 Å². The van der Waals surface area contributed by atoms with Gasteiger partial charge in [-0.2, -0.15) is 0 Å². The van der Waals surface area contributed by atoms with Crippen molar-refractivity contribution in [2.24, 2.45) is 0 Å². The average molecular weight is 310 g/mol. The van der Waals surface area contributed by atoms with Gasteiger partial charge in [0.15, 0.2) is 23.3 Å². The van der Waals surface area contributed by atoms with E-state index in [9.17, 15) is 22.0 Å². The second-order valence-corrected chi connectivity index (χ2v) is 4.06. The Hall–Kier alpha value is -1.89. The number of rotatable bonds is 2. The first-order valence-electron chi connectivity index (χ1n) is 5.09. The molecule has 0 atom stereocenters. The Labute approximate surface area is 114 Å². The van der Waals surface area contributed by atoms with Gasteiger partial charge in [-0.25, -0.2) is 22.0 Å². The molecule has 0 N–H and O–H groups in total. The molecule has 106 valence electrons. The number of halogens is 6. The molecule has 0 radical (unpaired) electrons. The number of methoxy groups -OCH3 is 1. The van der Waals surface area contributed by atoms with Gasteiger partial charge in [-0.3, -0.25) is 4.98 Å². The number of benzene rings is 1. The van der Waals surface area contributed by atoms with Gasteiger partial charge < -0.3 is 4.74 Å². The van der Waals surface area contributed by atoms with Gasteiger partial charge in [-0.1, -0.05) is 11.6 Å². The molecule has 2 rings (SSSR count). The van der Waals surface area contributed by atoms with Crippen molar-refractivity contribution in [3.05, 3.63) is 46.4 Å². The Balaban J connectivity index is 2.76. The number of pyridine rings is 1. The van der Waals surface area contributed by atoms with Gasteiger partial charge in [0.2, 0.25) is 5.82 Å². The van der Waals surface area contributed by atoms with Crippen molar-refractivity contribution in [2.75, 3.05) is 7.11 Å². The summed E-state index contributed by atoms with van der Waals surface area (Å²) in [5.41, 5.74) is -1.76. The van der Waals surface area contributed by atoms with Crippen molar-refractivity contribution >= 4 is 11.6 Å². The Morgan fingerprint density at radius 1 is 0.950 bits per heavy atom. The van der Waals surface area contributed by atoms with Crippen LogP contribution in [-0.2, 0) is 0 Å². The van der Waals surface area contributed by atoms with Crippen LogP contribution in [0.1, 0.15) is 0 Å². The van der Waals surface area contributed by atoms with Gasteiger partial charge in [0, 0.05) is 6.07 Å². The minimum Gasteiger partial charge on any atom is -0.495 e. The van der Waals surface area contributed by atoms with Crippen molar-refractivity contribution in [1.82, 2.24) is 4.98 Å². The van der Waals surface area contributed by atoms with Crippen molar-refractivity contribution in [3.8, 4) is 17.0 Å². The molecule has 1 aromatic carbocycles. The average Bonchev–Trinajstić information content (AvgIpc) is 2.44. The monoisotopic (exact) mass is 309 g/mol. The van der Waals surface area contributed by atoms with Gasteiger partial charge in [-0.15, -0.1) is 0 Å². The SMILES string of the molecule is COc1cnc(-c2c(F)c(F)c(F)c(F)c2F)c(Cl)c1. The Morgan fingerprint density at radius 3 is 1.90 bits per heavy atom. The third-order valence-corrected chi connectivity index (χ3v) is 2.79. The van der Waals surface area contributed by atoms with Crippen molar-refractivity contribution in [2.45, 2.75) is 0 Å². The van der Waals surface area contributed by atoms with Gasteiger partial charge >= 0.3 is 0 Å². The molecule has 0 saturated heterocycles. The normalized spacial score (nSPS) is 10.8. The van der Waals surface area contributed by atoms with Crippen LogP contribution in [0.15, 0.2) is 12.3 Å². The van der Waals surface area contributed by atoms with Gasteiger partial charge in [0.05, 0.1) is 29.6 Å². The molecule has 0 unspecified atom stereocenters. The summed E-state index contributed by atoms with van der Waals surface area (Å²) >= 11 is 5.72. The largest absolute Gasteiger partial charge is 0.495 e. The summed E-state index contributed by atoms with van der Waals surface area (Å²) in [6.07, 6.45) is 1.04. The lowest BCUT2D eigenvalue weighted by atomic mass is 10.1. The second kappa shape index (κ2) is 5.24. The maximum Gasteiger partial charge on any atom is 0.200 e. The van der Waals surface area contributed by atoms with Crippen LogP contribution in [0.4, 0.5) is 22.0 Å². The second-order valence-electron chi connectivity index (χ2n) is 3.65. The van der Waals surface area contributed by atoms with Crippen molar-refractivity contribution < 1.29 is 26.7 Å². The fraction of sp³-hybridized carbons (Fsp3) is 0.0833. The lowest BCUT2D eigenvalue weighted by Gasteiger charge is -2.10. The summed E-state index contributed by atoms with van der Waals surface area (Å²) in [6, 6.07) is 1.14. The number of hydrogen-bond acceptors (Lipinski definition) is 2. The van der Waals surface area contributed by atoms with Gasteiger partial charge in [-0.05, 0) is 0 Å². The van der Waals surface area contributed by atoms with E-state index in [0.29, 0.717) is 0 Å². The Bertz CT molecular complexity index is 663. The van der Waals surface area contributed by atoms with E-state index >= 15 is 0 Å². The Morgan fingerprint density at radius 2 is 1.45 bits per heavy atom. The maximum atomic E-state index is 13.6. The van der Waals surface area contributed by atoms with Gasteiger partial charge in [0.25, 0.3) is 0 Å². The van der Waals surface area contributed by atoms with E-state index in [1.165, 1.54) is 7.11 Å². The van der Waals surface area contributed by atoms with Crippen molar-refractivity contribution in [1.29, 1.82) is 0 Å². The summed E-state index contributed by atoms with van der Waals surface area (Å²) in [4.78, 5) is 3.56. The minimum absolute atomic E-state index is 0.169. The molecule has 2 nitrogen and oxygen atoms in total. The number of aromatic nitrogens is 1. The molecule has 0 aliphatic carbocycles. The molecule has 0 bridgehead atoms. The van der Waals surface area contributed by atoms with Crippen LogP contribution in [0.5, 0.6) is 5.75 Å². The highest BCUT2D eigenvalue weighted by Gasteiger charge is 2.28. The summed E-state index contributed by atoms with van der Waals surface area (Å²) in [7, 11) is 1.30. The highest BCUT2D eigenvalue weighted by Crippen LogP contribution is 2.35. The molecule has 0 aliphatic heterocycles. The summed E-state index contributed by atoms with van der Waals surface area (Å²) in [5, 5.41) is -0.312. The third-order valence-electron chi connectivity index (χ3n) is 2.50. The topological polar surface area (TPSA) is 22.1 Å². The predicted molar refractivity (Wildman–Crippen MR) is 61.0 cm³/mol. The first kappa shape index (κ1) is 14.5. The number of nitrogens with zero attached hydrogens (tertiary/aromatic N) is 1. The molecule has 0 aliphatic rings. The zero-order valence-corrected chi connectivity index (χ0v) is 10.5. The van der Waals surface area contributed by atoms with E-state index in [1.54, 1.807) is 0 Å². The first-order valence-corrected chi connectivity index (χ1v) is 5.47. The lowest BCUT2D eigenvalue weighted by molar-refractivity contribution is 0.381. The van der Waals surface area contributed by atoms with E-state index in [2.05, 4.69) is 4.98 Å². The molecule has 20 heavy (non-hydrogen) atoms. The fourth-order valence-corrected chi connectivity index (χ4v) is 1.78. The van der Waals surface area contributed by atoms with Crippen LogP contribution >= 0.6 is 11.6 Å². The van der Waals surface area contributed by atoms with E-state index in [0.717, 1.165) is 12.3 Å². The molecule has 0 spiro atoms. The van der Waals surface area contributed by atoms with Crippen LogP contribution in [0.25, 0.3) is 11.3 Å². The predicted octanol–water partition coefficient (Wildman–Crippen LogP) is 4.11. The molecule has 8 heteroatoms. The summed E-state index contributed by atoms with van der Waals surface area (Å²) in [6.45, 7) is 0. The molecule has 1 heterocycles. The van der Waals surface area contributed by atoms with Crippen LogP contribution in [0.3, 0.4) is 0 Å². The molecule has 0 fully saturated rings. The maximum absolute atomic E-state index is 13.6. The van der Waals surface area contributed by atoms with E-state index < -0.39 is 40.3 Å². The number of hydrogen-bond donors (Lipinski definition) is 0. The smallest absolute Gasteiger partial charge is 0.200 e. The molecule has 0 saturated carbocycles. The third kappa shape index (κ3) is 2.18.